The van der Waals surface area contributed by atoms with Crippen LogP contribution in [0, 0.1) is 0 Å². The second-order valence-electron chi connectivity index (χ2n) is 11.7. The normalized spacial score (nSPS) is 24.7. The summed E-state index contributed by atoms with van der Waals surface area (Å²) in [6.45, 7) is 6.10. The molecule has 7 heteroatoms. The molecule has 7 rings (SSSR count). The second kappa shape index (κ2) is 9.74. The van der Waals surface area contributed by atoms with Crippen molar-refractivity contribution in [3.8, 4) is 22.4 Å². The quantitative estimate of drug-likeness (QED) is 0.314. The third-order valence-electron chi connectivity index (χ3n) is 8.60. The van der Waals surface area contributed by atoms with Crippen LogP contribution in [0.15, 0.2) is 67.0 Å². The number of para-hydroxylation sites is 1. The number of aromatic nitrogens is 2. The molecule has 39 heavy (non-hydrogen) atoms. The smallest absolute Gasteiger partial charge is 0.427 e. The molecule has 3 aliphatic rings. The van der Waals surface area contributed by atoms with E-state index >= 15 is 0 Å². The molecular weight excluding hydrogens is 485 g/mol. The van der Waals surface area contributed by atoms with Crippen molar-refractivity contribution in [3.05, 3.63) is 78.1 Å². The summed E-state index contributed by atoms with van der Waals surface area (Å²) in [6, 6.07) is 19.5. The van der Waals surface area contributed by atoms with Gasteiger partial charge >= 0.3 is 7.12 Å². The molecule has 2 aliphatic carbocycles. The van der Waals surface area contributed by atoms with Crippen LogP contribution >= 0.6 is 0 Å². The van der Waals surface area contributed by atoms with Crippen molar-refractivity contribution >= 4 is 23.7 Å². The highest BCUT2D eigenvalue weighted by atomic mass is 16.5. The Morgan fingerprint density at radius 2 is 1.69 bits per heavy atom. The van der Waals surface area contributed by atoms with Gasteiger partial charge in [-0.15, -0.1) is 0 Å². The first-order chi connectivity index (χ1) is 19.0. The molecule has 3 fully saturated rings. The Morgan fingerprint density at radius 1 is 0.923 bits per heavy atom. The number of anilines is 1. The van der Waals surface area contributed by atoms with E-state index in [0.29, 0.717) is 5.92 Å². The molecule has 2 unspecified atom stereocenters. The first-order valence-electron chi connectivity index (χ1n) is 14.2. The highest BCUT2D eigenvalue weighted by Crippen LogP contribution is 2.54. The van der Waals surface area contributed by atoms with Gasteiger partial charge in [-0.1, -0.05) is 30.3 Å². The van der Waals surface area contributed by atoms with E-state index in [-0.39, 0.29) is 23.9 Å². The Balaban J connectivity index is 1.25. The van der Waals surface area contributed by atoms with Crippen molar-refractivity contribution in [2.45, 2.75) is 63.0 Å². The van der Waals surface area contributed by atoms with Gasteiger partial charge in [0.05, 0.1) is 23.4 Å². The van der Waals surface area contributed by atoms with Crippen molar-refractivity contribution in [2.24, 2.45) is 0 Å². The summed E-state index contributed by atoms with van der Waals surface area (Å²) in [5.74, 6) is 0.644. The molecule has 1 aliphatic heterocycles. The van der Waals surface area contributed by atoms with Crippen LogP contribution in [-0.2, 0) is 4.74 Å². The zero-order valence-corrected chi connectivity index (χ0v) is 22.5. The lowest BCUT2D eigenvalue weighted by atomic mass is 9.81. The summed E-state index contributed by atoms with van der Waals surface area (Å²) in [5.41, 5.74) is 9.06. The Morgan fingerprint density at radius 3 is 2.38 bits per heavy atom. The monoisotopic (exact) mass is 519 g/mol. The summed E-state index contributed by atoms with van der Waals surface area (Å²) in [4.78, 5) is 12.1. The maximum absolute atomic E-state index is 9.58. The van der Waals surface area contributed by atoms with E-state index in [1.54, 1.807) is 0 Å². The van der Waals surface area contributed by atoms with Crippen LogP contribution in [-0.4, -0.2) is 52.4 Å². The maximum Gasteiger partial charge on any atom is 0.455 e. The number of morpholine rings is 1. The van der Waals surface area contributed by atoms with E-state index in [9.17, 15) is 10.0 Å². The predicted molar refractivity (Wildman–Crippen MR) is 156 cm³/mol. The van der Waals surface area contributed by atoms with Crippen molar-refractivity contribution in [3.63, 3.8) is 0 Å². The number of nitrogens with zero attached hydrogens (tertiary/aromatic N) is 3. The lowest BCUT2D eigenvalue weighted by Crippen LogP contribution is -2.45. The van der Waals surface area contributed by atoms with Gasteiger partial charge in [0.2, 0.25) is 0 Å². The molecule has 3 heterocycles. The second-order valence-corrected chi connectivity index (χ2v) is 11.7. The SMILES string of the molecule is C[C@@H]1CN(c2ccc(-c3cnc4c(-c5cc(C6CC6B(O)O)ccn5)cccc4c3C3CC3)cc2)C[C@H](C)O1. The van der Waals surface area contributed by atoms with Crippen molar-refractivity contribution in [2.75, 3.05) is 18.0 Å². The molecule has 2 saturated carbocycles. The number of rotatable bonds is 6. The van der Waals surface area contributed by atoms with Gasteiger partial charge in [0, 0.05) is 53.5 Å². The molecule has 1 saturated heterocycles. The Kier molecular flexibility index (Phi) is 6.18. The minimum atomic E-state index is -1.26. The van der Waals surface area contributed by atoms with Gasteiger partial charge in [0.1, 0.15) is 0 Å². The average molecular weight is 519 g/mol. The minimum absolute atomic E-state index is 0.0867. The third-order valence-corrected chi connectivity index (χ3v) is 8.60. The molecule has 0 spiro atoms. The number of hydrogen-bond acceptors (Lipinski definition) is 6. The Bertz CT molecular complexity index is 1510. The van der Waals surface area contributed by atoms with E-state index in [0.717, 1.165) is 41.8 Å². The lowest BCUT2D eigenvalue weighted by Gasteiger charge is -2.37. The highest BCUT2D eigenvalue weighted by Gasteiger charge is 2.46. The fourth-order valence-electron chi connectivity index (χ4n) is 6.48. The largest absolute Gasteiger partial charge is 0.455 e. The van der Waals surface area contributed by atoms with Crippen LogP contribution in [0.3, 0.4) is 0 Å². The van der Waals surface area contributed by atoms with E-state index in [2.05, 4.69) is 73.5 Å². The molecule has 4 aromatic rings. The molecule has 2 aromatic heterocycles. The van der Waals surface area contributed by atoms with Crippen molar-refractivity contribution in [1.82, 2.24) is 9.97 Å². The topological polar surface area (TPSA) is 78.7 Å². The number of ether oxygens (including phenoxy) is 1. The number of pyridine rings is 2. The van der Waals surface area contributed by atoms with Gasteiger partial charge in [-0.25, -0.2) is 0 Å². The number of hydrogen-bond donors (Lipinski definition) is 2. The Labute approximate surface area is 229 Å². The summed E-state index contributed by atoms with van der Waals surface area (Å²) in [6.07, 6.45) is 7.56. The molecule has 0 amide bonds. The van der Waals surface area contributed by atoms with Gasteiger partial charge in [0.15, 0.2) is 0 Å². The minimum Gasteiger partial charge on any atom is -0.427 e. The van der Waals surface area contributed by atoms with Gasteiger partial charge in [-0.2, -0.15) is 0 Å². The van der Waals surface area contributed by atoms with Crippen LogP contribution in [0.5, 0.6) is 0 Å². The molecule has 0 bridgehead atoms. The standard InChI is InChI=1S/C32H34BN3O3/c1-19-17-36(18-20(2)39-19)24-10-8-21(9-11-24)28-16-35-32-25(4-3-5-26(32)31(28)22-6-7-22)30-14-23(12-13-34-30)27-15-29(27)33(37)38/h3-5,8-14,16,19-20,22,27,29,37-38H,6-7,15,17-18H2,1-2H3/t19-,20+,27?,29?. The maximum atomic E-state index is 9.58. The zero-order valence-electron chi connectivity index (χ0n) is 22.5. The van der Waals surface area contributed by atoms with E-state index in [1.165, 1.54) is 40.6 Å². The van der Waals surface area contributed by atoms with Crippen LogP contribution in [0.1, 0.15) is 56.1 Å². The molecular formula is C32H34BN3O3. The first kappa shape index (κ1) is 24.8. The van der Waals surface area contributed by atoms with Crippen LogP contribution in [0.2, 0.25) is 5.82 Å². The summed E-state index contributed by atoms with van der Waals surface area (Å²) >= 11 is 0. The van der Waals surface area contributed by atoms with Gasteiger partial charge in [0.25, 0.3) is 0 Å². The van der Waals surface area contributed by atoms with Crippen LogP contribution in [0.25, 0.3) is 33.3 Å². The fraction of sp³-hybridized carbons (Fsp3) is 0.375. The lowest BCUT2D eigenvalue weighted by molar-refractivity contribution is -0.00521. The van der Waals surface area contributed by atoms with E-state index in [1.807, 2.05) is 12.3 Å². The van der Waals surface area contributed by atoms with Crippen molar-refractivity contribution in [1.29, 1.82) is 0 Å². The summed E-state index contributed by atoms with van der Waals surface area (Å²) in [7, 11) is -1.26. The fourth-order valence-corrected chi connectivity index (χ4v) is 6.48. The highest BCUT2D eigenvalue weighted by molar-refractivity contribution is 6.44. The molecule has 6 nitrogen and oxygen atoms in total. The van der Waals surface area contributed by atoms with Crippen molar-refractivity contribution < 1.29 is 14.8 Å². The van der Waals surface area contributed by atoms with Crippen LogP contribution < -0.4 is 4.90 Å². The van der Waals surface area contributed by atoms with Crippen LogP contribution in [0.4, 0.5) is 5.69 Å². The first-order valence-corrected chi connectivity index (χ1v) is 14.2. The van der Waals surface area contributed by atoms with E-state index in [4.69, 9.17) is 14.7 Å². The molecule has 0 radical (unpaired) electrons. The molecule has 4 atom stereocenters. The van der Waals surface area contributed by atoms with E-state index < -0.39 is 7.12 Å². The molecule has 2 aromatic carbocycles. The predicted octanol–water partition coefficient (Wildman–Crippen LogP) is 5.79. The summed E-state index contributed by atoms with van der Waals surface area (Å²) in [5, 5.41) is 20.4. The van der Waals surface area contributed by atoms with Gasteiger partial charge in [-0.3, -0.25) is 9.97 Å². The third kappa shape index (κ3) is 4.73. The number of fused-ring (bicyclic) bond motifs is 1. The molecule has 2 N–H and O–H groups in total. The Hall–Kier alpha value is -3.26. The zero-order chi connectivity index (χ0) is 26.7. The molecule has 198 valence electrons. The van der Waals surface area contributed by atoms with Gasteiger partial charge in [-0.05, 0) is 85.9 Å². The number of benzene rings is 2. The average Bonchev–Trinajstić information content (AvgIpc) is 3.86. The summed E-state index contributed by atoms with van der Waals surface area (Å²) < 4.78 is 5.92. The van der Waals surface area contributed by atoms with Gasteiger partial charge < -0.3 is 19.7 Å².